The van der Waals surface area contributed by atoms with Gasteiger partial charge in [0.05, 0.1) is 38.8 Å². The first-order chi connectivity index (χ1) is 13.5. The van der Waals surface area contributed by atoms with E-state index in [4.69, 9.17) is 0 Å². The molecule has 2 aliphatic rings. The molecule has 1 saturated heterocycles. The number of carbonyl (C=O) groups excluding carboxylic acids is 2. The molecule has 6 heteroatoms. The van der Waals surface area contributed by atoms with E-state index < -0.39 is 0 Å². The van der Waals surface area contributed by atoms with Crippen LogP contribution in [0.15, 0.2) is 24.3 Å². The Morgan fingerprint density at radius 1 is 1.11 bits per heavy atom. The van der Waals surface area contributed by atoms with E-state index in [1.54, 1.807) is 11.3 Å². The highest BCUT2D eigenvalue weighted by molar-refractivity contribution is 7.17. The molecule has 2 N–H and O–H groups in total. The van der Waals surface area contributed by atoms with Crippen LogP contribution in [-0.4, -0.2) is 49.9 Å². The predicted octanol–water partition coefficient (Wildman–Crippen LogP) is 2.16. The standard InChI is InChI=1S/C22H27N3O2S/c1-15-7-3-4-8-16(15)20(26)23-21-19(17-9-5-6-10-18(17)28-21)22(27)25-13-11-24(2)12-14-25/h3-4,7-8H,5-6,9-14H2,1-2H3,(H,23,26)/p+1. The molecule has 1 fully saturated rings. The average Bonchev–Trinajstić information content (AvgIpc) is 3.06. The zero-order valence-corrected chi connectivity index (χ0v) is 17.5. The number of piperazine rings is 1. The Morgan fingerprint density at radius 3 is 2.57 bits per heavy atom. The number of rotatable bonds is 3. The molecular formula is C22H28N3O2S+. The Kier molecular flexibility index (Phi) is 5.51. The zero-order chi connectivity index (χ0) is 19.7. The molecule has 2 heterocycles. The van der Waals surface area contributed by atoms with E-state index in [9.17, 15) is 9.59 Å². The lowest BCUT2D eigenvalue weighted by molar-refractivity contribution is -0.883. The zero-order valence-electron chi connectivity index (χ0n) is 16.6. The van der Waals surface area contributed by atoms with E-state index in [1.807, 2.05) is 36.1 Å². The quantitative estimate of drug-likeness (QED) is 0.833. The van der Waals surface area contributed by atoms with E-state index in [2.05, 4.69) is 12.4 Å². The van der Waals surface area contributed by atoms with Crippen LogP contribution in [0.5, 0.6) is 0 Å². The Hall–Kier alpha value is -2.18. The highest BCUT2D eigenvalue weighted by atomic mass is 32.1. The van der Waals surface area contributed by atoms with Gasteiger partial charge in [-0.15, -0.1) is 11.3 Å². The second kappa shape index (κ2) is 8.05. The summed E-state index contributed by atoms with van der Waals surface area (Å²) >= 11 is 1.60. The molecule has 1 aromatic heterocycles. The van der Waals surface area contributed by atoms with Crippen LogP contribution in [0.25, 0.3) is 0 Å². The maximum Gasteiger partial charge on any atom is 0.257 e. The van der Waals surface area contributed by atoms with Crippen molar-refractivity contribution in [3.8, 4) is 0 Å². The van der Waals surface area contributed by atoms with Gasteiger partial charge in [-0.2, -0.15) is 0 Å². The Morgan fingerprint density at radius 2 is 1.82 bits per heavy atom. The first-order valence-electron chi connectivity index (χ1n) is 10.2. The number of carbonyl (C=O) groups is 2. The number of nitrogens with one attached hydrogen (secondary N) is 2. The summed E-state index contributed by atoms with van der Waals surface area (Å²) in [6.07, 6.45) is 4.21. The number of benzene rings is 1. The van der Waals surface area contributed by atoms with Crippen molar-refractivity contribution < 1.29 is 14.5 Å². The van der Waals surface area contributed by atoms with Gasteiger partial charge in [-0.05, 0) is 49.8 Å². The number of likely N-dealkylation sites (N-methyl/N-ethyl adjacent to an activating group) is 1. The highest BCUT2D eigenvalue weighted by Crippen LogP contribution is 2.39. The third-order valence-electron chi connectivity index (χ3n) is 5.91. The van der Waals surface area contributed by atoms with Gasteiger partial charge in [0.15, 0.2) is 0 Å². The van der Waals surface area contributed by atoms with Crippen LogP contribution in [0, 0.1) is 6.92 Å². The average molecular weight is 399 g/mol. The lowest BCUT2D eigenvalue weighted by atomic mass is 9.94. The molecule has 5 nitrogen and oxygen atoms in total. The second-order valence-electron chi connectivity index (χ2n) is 7.93. The summed E-state index contributed by atoms with van der Waals surface area (Å²) in [5.41, 5.74) is 3.53. The highest BCUT2D eigenvalue weighted by Gasteiger charge is 2.31. The maximum absolute atomic E-state index is 13.4. The number of fused-ring (bicyclic) bond motifs is 1. The molecule has 28 heavy (non-hydrogen) atoms. The fourth-order valence-electron chi connectivity index (χ4n) is 4.13. The monoisotopic (exact) mass is 398 g/mol. The van der Waals surface area contributed by atoms with Crippen molar-refractivity contribution in [3.63, 3.8) is 0 Å². The predicted molar refractivity (Wildman–Crippen MR) is 113 cm³/mol. The van der Waals surface area contributed by atoms with Gasteiger partial charge < -0.3 is 15.1 Å². The number of quaternary nitrogens is 1. The van der Waals surface area contributed by atoms with Gasteiger partial charge in [0.25, 0.3) is 11.8 Å². The summed E-state index contributed by atoms with van der Waals surface area (Å²) in [4.78, 5) is 31.0. The third-order valence-corrected chi connectivity index (χ3v) is 7.11. The Labute approximate surface area is 170 Å². The second-order valence-corrected chi connectivity index (χ2v) is 9.04. The van der Waals surface area contributed by atoms with Crippen LogP contribution in [0.4, 0.5) is 5.00 Å². The fraction of sp³-hybridized carbons (Fsp3) is 0.455. The molecule has 0 unspecified atom stereocenters. The smallest absolute Gasteiger partial charge is 0.257 e. The van der Waals surface area contributed by atoms with E-state index in [1.165, 1.54) is 15.3 Å². The summed E-state index contributed by atoms with van der Waals surface area (Å²) in [5.74, 6) is -0.0412. The molecular weight excluding hydrogens is 370 g/mol. The van der Waals surface area contributed by atoms with Crippen LogP contribution in [0.2, 0.25) is 0 Å². The molecule has 0 atom stereocenters. The third kappa shape index (κ3) is 3.71. The summed E-state index contributed by atoms with van der Waals surface area (Å²) in [5, 5.41) is 3.81. The molecule has 148 valence electrons. The summed E-state index contributed by atoms with van der Waals surface area (Å²) in [6.45, 7) is 5.44. The number of anilines is 1. The van der Waals surface area contributed by atoms with Gasteiger partial charge in [-0.3, -0.25) is 9.59 Å². The lowest BCUT2D eigenvalue weighted by Crippen LogP contribution is -3.12. The number of thiophene rings is 1. The number of hydrogen-bond donors (Lipinski definition) is 2. The van der Waals surface area contributed by atoms with Crippen LogP contribution < -0.4 is 10.2 Å². The van der Waals surface area contributed by atoms with Crippen molar-refractivity contribution in [2.75, 3.05) is 38.5 Å². The minimum Gasteiger partial charge on any atom is -0.334 e. The molecule has 4 rings (SSSR count). The van der Waals surface area contributed by atoms with Crippen molar-refractivity contribution in [1.82, 2.24) is 4.90 Å². The molecule has 0 bridgehead atoms. The van der Waals surface area contributed by atoms with Crippen LogP contribution in [-0.2, 0) is 12.8 Å². The SMILES string of the molecule is Cc1ccccc1C(=O)Nc1sc2c(c1C(=O)N1CC[NH+](C)CC1)CCCC2. The number of nitrogens with zero attached hydrogens (tertiary/aromatic N) is 1. The number of aryl methyl sites for hydroxylation is 2. The van der Waals surface area contributed by atoms with Crippen LogP contribution in [0.1, 0.15) is 49.6 Å². The summed E-state index contributed by atoms with van der Waals surface area (Å²) in [6, 6.07) is 7.58. The lowest BCUT2D eigenvalue weighted by Gasteiger charge is -2.30. The van der Waals surface area contributed by atoms with E-state index >= 15 is 0 Å². The van der Waals surface area contributed by atoms with Crippen molar-refractivity contribution in [2.24, 2.45) is 0 Å². The first-order valence-corrected chi connectivity index (χ1v) is 11.0. The molecule has 2 aromatic rings. The van der Waals surface area contributed by atoms with Crippen molar-refractivity contribution in [2.45, 2.75) is 32.6 Å². The number of amides is 2. The fourth-order valence-corrected chi connectivity index (χ4v) is 5.40. The van der Waals surface area contributed by atoms with Gasteiger partial charge in [-0.1, -0.05) is 18.2 Å². The summed E-state index contributed by atoms with van der Waals surface area (Å²) in [7, 11) is 2.17. The molecule has 1 aromatic carbocycles. The van der Waals surface area contributed by atoms with Crippen molar-refractivity contribution in [1.29, 1.82) is 0 Å². The first kappa shape index (κ1) is 19.2. The van der Waals surface area contributed by atoms with Gasteiger partial charge in [0.2, 0.25) is 0 Å². The molecule has 0 saturated carbocycles. The molecule has 1 aliphatic heterocycles. The van der Waals surface area contributed by atoms with Gasteiger partial charge in [0, 0.05) is 10.4 Å². The topological polar surface area (TPSA) is 53.9 Å². The molecule has 0 radical (unpaired) electrons. The van der Waals surface area contributed by atoms with E-state index in [0.29, 0.717) is 5.56 Å². The van der Waals surface area contributed by atoms with E-state index in [-0.39, 0.29) is 11.8 Å². The molecule has 1 aliphatic carbocycles. The Bertz CT molecular complexity index is 897. The van der Waals surface area contributed by atoms with Crippen molar-refractivity contribution >= 4 is 28.2 Å². The van der Waals surface area contributed by atoms with Crippen molar-refractivity contribution in [3.05, 3.63) is 51.4 Å². The Balaban J connectivity index is 1.65. The van der Waals surface area contributed by atoms with Crippen LogP contribution in [0.3, 0.4) is 0 Å². The minimum absolute atomic E-state index is 0.0898. The van der Waals surface area contributed by atoms with Gasteiger partial charge in [0.1, 0.15) is 5.00 Å². The normalized spacial score (nSPS) is 17.3. The summed E-state index contributed by atoms with van der Waals surface area (Å²) < 4.78 is 0. The number of hydrogen-bond acceptors (Lipinski definition) is 3. The molecule has 0 spiro atoms. The van der Waals surface area contributed by atoms with Crippen LogP contribution >= 0.6 is 11.3 Å². The van der Waals surface area contributed by atoms with Gasteiger partial charge >= 0.3 is 0 Å². The van der Waals surface area contributed by atoms with Gasteiger partial charge in [-0.25, -0.2) is 0 Å². The minimum atomic E-state index is -0.131. The largest absolute Gasteiger partial charge is 0.334 e. The molecule has 2 amide bonds. The van der Waals surface area contributed by atoms with E-state index in [0.717, 1.165) is 68.0 Å². The maximum atomic E-state index is 13.4.